The lowest BCUT2D eigenvalue weighted by atomic mass is 10.2. The monoisotopic (exact) mass is 315 g/mol. The molecule has 22 heavy (non-hydrogen) atoms. The van der Waals surface area contributed by atoms with Crippen molar-refractivity contribution in [1.82, 2.24) is 20.1 Å². The van der Waals surface area contributed by atoms with Crippen molar-refractivity contribution in [2.24, 2.45) is 0 Å². The fourth-order valence-corrected chi connectivity index (χ4v) is 2.69. The summed E-state index contributed by atoms with van der Waals surface area (Å²) in [6.45, 7) is 4.07. The van der Waals surface area contributed by atoms with E-state index < -0.39 is 0 Å². The second-order valence-corrected chi connectivity index (χ2v) is 6.05. The highest BCUT2D eigenvalue weighted by molar-refractivity contribution is 7.98. The van der Waals surface area contributed by atoms with Crippen molar-refractivity contribution in [3.63, 3.8) is 0 Å². The highest BCUT2D eigenvalue weighted by atomic mass is 32.2. The SMILES string of the molecule is CNc1nc(SCc2nc(C(C)C)no2)nc2ccccc12. The van der Waals surface area contributed by atoms with Gasteiger partial charge in [0.25, 0.3) is 0 Å². The van der Waals surface area contributed by atoms with Crippen LogP contribution in [0.15, 0.2) is 33.9 Å². The number of fused-ring (bicyclic) bond motifs is 1. The van der Waals surface area contributed by atoms with Crippen molar-refractivity contribution in [2.45, 2.75) is 30.7 Å². The summed E-state index contributed by atoms with van der Waals surface area (Å²) >= 11 is 1.48. The van der Waals surface area contributed by atoms with Crippen molar-refractivity contribution >= 4 is 28.5 Å². The van der Waals surface area contributed by atoms with Crippen molar-refractivity contribution in [3.8, 4) is 0 Å². The van der Waals surface area contributed by atoms with Crippen LogP contribution in [0.2, 0.25) is 0 Å². The summed E-state index contributed by atoms with van der Waals surface area (Å²) in [5.74, 6) is 2.96. The van der Waals surface area contributed by atoms with Gasteiger partial charge in [0.05, 0.1) is 11.3 Å². The fraction of sp³-hybridized carbons (Fsp3) is 0.333. The van der Waals surface area contributed by atoms with Crippen LogP contribution in [0.3, 0.4) is 0 Å². The Labute approximate surface area is 132 Å². The van der Waals surface area contributed by atoms with E-state index in [4.69, 9.17) is 4.52 Å². The molecule has 0 saturated carbocycles. The van der Waals surface area contributed by atoms with E-state index in [0.717, 1.165) is 22.5 Å². The summed E-state index contributed by atoms with van der Waals surface area (Å²) in [5, 5.41) is 8.77. The number of nitrogens with zero attached hydrogens (tertiary/aromatic N) is 4. The Hall–Kier alpha value is -2.15. The molecule has 0 spiro atoms. The summed E-state index contributed by atoms with van der Waals surface area (Å²) in [5.41, 5.74) is 0.915. The number of thioether (sulfide) groups is 1. The summed E-state index contributed by atoms with van der Waals surface area (Å²) in [6, 6.07) is 7.93. The number of anilines is 1. The highest BCUT2D eigenvalue weighted by Gasteiger charge is 2.12. The average molecular weight is 315 g/mol. The van der Waals surface area contributed by atoms with Crippen LogP contribution in [-0.2, 0) is 5.75 Å². The summed E-state index contributed by atoms with van der Waals surface area (Å²) in [6.07, 6.45) is 0. The Balaban J connectivity index is 1.81. The van der Waals surface area contributed by atoms with E-state index in [1.54, 1.807) is 0 Å². The Morgan fingerprint density at radius 1 is 1.18 bits per heavy atom. The molecule has 0 bridgehead atoms. The average Bonchev–Trinajstić information content (AvgIpc) is 3.01. The van der Waals surface area contributed by atoms with Gasteiger partial charge in [0.1, 0.15) is 5.82 Å². The van der Waals surface area contributed by atoms with Gasteiger partial charge in [-0.3, -0.25) is 0 Å². The van der Waals surface area contributed by atoms with Gasteiger partial charge in [0.15, 0.2) is 11.0 Å². The number of benzene rings is 1. The predicted molar refractivity (Wildman–Crippen MR) is 87.0 cm³/mol. The first kappa shape index (κ1) is 14.8. The Bertz CT molecular complexity index is 786. The molecule has 3 aromatic rings. The summed E-state index contributed by atoms with van der Waals surface area (Å²) in [7, 11) is 1.86. The first-order valence-corrected chi connectivity index (χ1v) is 8.05. The van der Waals surface area contributed by atoms with Crippen molar-refractivity contribution < 1.29 is 4.52 Å². The standard InChI is InChI=1S/C15H17N5OS/c1-9(2)13-18-12(21-20-13)8-22-15-17-11-7-5-4-6-10(11)14(16-3)19-15/h4-7,9H,8H2,1-3H3,(H,16,17,19). The smallest absolute Gasteiger partial charge is 0.237 e. The molecule has 7 heteroatoms. The van der Waals surface area contributed by atoms with Crippen LogP contribution < -0.4 is 5.32 Å². The normalized spacial score (nSPS) is 11.3. The second kappa shape index (κ2) is 6.31. The maximum Gasteiger partial charge on any atom is 0.237 e. The van der Waals surface area contributed by atoms with Crippen LogP contribution in [0, 0.1) is 0 Å². The van der Waals surface area contributed by atoms with Crippen LogP contribution in [0.1, 0.15) is 31.5 Å². The molecule has 0 radical (unpaired) electrons. The molecule has 3 rings (SSSR count). The zero-order valence-corrected chi connectivity index (χ0v) is 13.5. The molecule has 0 aliphatic heterocycles. The molecule has 0 atom stereocenters. The van der Waals surface area contributed by atoms with Gasteiger partial charge >= 0.3 is 0 Å². The number of nitrogens with one attached hydrogen (secondary N) is 1. The van der Waals surface area contributed by atoms with E-state index in [1.807, 2.05) is 45.2 Å². The maximum atomic E-state index is 5.24. The van der Waals surface area contributed by atoms with Crippen LogP contribution in [0.5, 0.6) is 0 Å². The van der Waals surface area contributed by atoms with Gasteiger partial charge in [-0.1, -0.05) is 42.9 Å². The third kappa shape index (κ3) is 3.04. The van der Waals surface area contributed by atoms with Gasteiger partial charge in [-0.25, -0.2) is 9.97 Å². The highest BCUT2D eigenvalue weighted by Crippen LogP contribution is 2.26. The maximum absolute atomic E-state index is 5.24. The first-order valence-electron chi connectivity index (χ1n) is 7.07. The van der Waals surface area contributed by atoms with Gasteiger partial charge in [-0.05, 0) is 12.1 Å². The number of hydrogen-bond donors (Lipinski definition) is 1. The zero-order chi connectivity index (χ0) is 15.5. The Kier molecular flexibility index (Phi) is 4.24. The van der Waals surface area contributed by atoms with Crippen LogP contribution in [0.4, 0.5) is 5.82 Å². The lowest BCUT2D eigenvalue weighted by Gasteiger charge is -2.06. The lowest BCUT2D eigenvalue weighted by molar-refractivity contribution is 0.383. The van der Waals surface area contributed by atoms with Crippen molar-refractivity contribution in [1.29, 1.82) is 0 Å². The third-order valence-electron chi connectivity index (χ3n) is 3.14. The van der Waals surface area contributed by atoms with E-state index in [2.05, 4.69) is 25.4 Å². The van der Waals surface area contributed by atoms with Gasteiger partial charge in [-0.2, -0.15) is 4.98 Å². The zero-order valence-electron chi connectivity index (χ0n) is 12.7. The van der Waals surface area contributed by atoms with E-state index in [9.17, 15) is 0 Å². The molecule has 0 saturated heterocycles. The summed E-state index contributed by atoms with van der Waals surface area (Å²) in [4.78, 5) is 13.4. The second-order valence-electron chi connectivity index (χ2n) is 5.11. The minimum absolute atomic E-state index is 0.260. The molecule has 0 aliphatic carbocycles. The quantitative estimate of drug-likeness (QED) is 0.570. The van der Waals surface area contributed by atoms with Crippen molar-refractivity contribution in [3.05, 3.63) is 36.0 Å². The molecule has 6 nitrogen and oxygen atoms in total. The minimum Gasteiger partial charge on any atom is -0.372 e. The summed E-state index contributed by atoms with van der Waals surface area (Å²) < 4.78 is 5.24. The van der Waals surface area contributed by atoms with Gasteiger partial charge in [0, 0.05) is 18.4 Å². The van der Waals surface area contributed by atoms with E-state index >= 15 is 0 Å². The predicted octanol–water partition coefficient (Wildman–Crippen LogP) is 3.47. The molecule has 0 fully saturated rings. The van der Waals surface area contributed by atoms with E-state index in [0.29, 0.717) is 16.8 Å². The van der Waals surface area contributed by atoms with E-state index in [1.165, 1.54) is 11.8 Å². The molecule has 0 amide bonds. The molecule has 114 valence electrons. The van der Waals surface area contributed by atoms with E-state index in [-0.39, 0.29) is 5.92 Å². The number of hydrogen-bond acceptors (Lipinski definition) is 7. The Morgan fingerprint density at radius 3 is 2.73 bits per heavy atom. The van der Waals surface area contributed by atoms with Crippen molar-refractivity contribution in [2.75, 3.05) is 12.4 Å². The minimum atomic E-state index is 0.260. The third-order valence-corrected chi connectivity index (χ3v) is 3.98. The molecular formula is C15H17N5OS. The number of para-hydroxylation sites is 1. The molecule has 0 unspecified atom stereocenters. The molecule has 2 heterocycles. The molecule has 1 N–H and O–H groups in total. The van der Waals surface area contributed by atoms with Crippen LogP contribution >= 0.6 is 11.8 Å². The van der Waals surface area contributed by atoms with Crippen LogP contribution in [0.25, 0.3) is 10.9 Å². The van der Waals surface area contributed by atoms with Gasteiger partial charge in [-0.15, -0.1) is 0 Å². The van der Waals surface area contributed by atoms with Gasteiger partial charge < -0.3 is 9.84 Å². The topological polar surface area (TPSA) is 76.7 Å². The molecular weight excluding hydrogens is 298 g/mol. The fourth-order valence-electron chi connectivity index (χ4n) is 2.00. The molecule has 2 aromatic heterocycles. The Morgan fingerprint density at radius 2 is 2.00 bits per heavy atom. The molecule has 0 aliphatic rings. The molecule has 1 aromatic carbocycles. The lowest BCUT2D eigenvalue weighted by Crippen LogP contribution is -1.98. The number of aromatic nitrogens is 4. The first-order chi connectivity index (χ1) is 10.7. The largest absolute Gasteiger partial charge is 0.372 e. The van der Waals surface area contributed by atoms with Gasteiger partial charge in [0.2, 0.25) is 5.89 Å². The van der Waals surface area contributed by atoms with Crippen LogP contribution in [-0.4, -0.2) is 27.2 Å². The number of rotatable bonds is 5.